The molecule has 0 radical (unpaired) electrons. The second-order valence-corrected chi connectivity index (χ2v) is 11.9. The zero-order chi connectivity index (χ0) is 32.2. The van der Waals surface area contributed by atoms with E-state index in [-0.39, 0.29) is 38.3 Å². The lowest BCUT2D eigenvalue weighted by atomic mass is 9.65. The summed E-state index contributed by atoms with van der Waals surface area (Å²) in [5.41, 5.74) is 17.8. The molecule has 0 aliphatic heterocycles. The predicted molar refractivity (Wildman–Crippen MR) is 168 cm³/mol. The summed E-state index contributed by atoms with van der Waals surface area (Å²) in [4.78, 5) is 49.9. The summed E-state index contributed by atoms with van der Waals surface area (Å²) in [6.45, 7) is 4.76. The predicted octanol–water partition coefficient (Wildman–Crippen LogP) is 3.49. The van der Waals surface area contributed by atoms with Crippen LogP contribution in [0.4, 0.5) is 0 Å². The molecule has 0 saturated carbocycles. The molecule has 0 spiro atoms. The molecule has 12 heteroatoms. The highest BCUT2D eigenvalue weighted by Gasteiger charge is 2.38. The van der Waals surface area contributed by atoms with Crippen molar-refractivity contribution >= 4 is 46.9 Å². The average molecular weight is 637 g/mol. The summed E-state index contributed by atoms with van der Waals surface area (Å²) in [6.07, 6.45) is 1.48. The van der Waals surface area contributed by atoms with Crippen LogP contribution in [0.1, 0.15) is 63.5 Å². The smallest absolute Gasteiger partial charge is 0.329 e. The number of hydrogen-bond acceptors (Lipinski definition) is 7. The number of benzene rings is 2. The molecule has 0 saturated heterocycles. The topological polar surface area (TPSA) is 171 Å². The monoisotopic (exact) mass is 635 g/mol. The maximum Gasteiger partial charge on any atom is 0.329 e. The van der Waals surface area contributed by atoms with Crippen molar-refractivity contribution in [3.8, 4) is 0 Å². The van der Waals surface area contributed by atoms with Crippen molar-refractivity contribution in [1.29, 1.82) is 0 Å². The normalized spacial score (nSPS) is 13.7. The van der Waals surface area contributed by atoms with Crippen molar-refractivity contribution < 1.29 is 23.9 Å². The lowest BCUT2D eigenvalue weighted by Crippen LogP contribution is -2.50. The van der Waals surface area contributed by atoms with Gasteiger partial charge < -0.3 is 27.3 Å². The molecule has 0 aliphatic carbocycles. The fraction of sp³-hybridized carbons (Fsp3) is 0.484. The minimum absolute atomic E-state index is 0.0122. The number of carbonyl (C=O) groups is 4. The largest absolute Gasteiger partial charge is 0.448 e. The van der Waals surface area contributed by atoms with Crippen molar-refractivity contribution in [3.05, 3.63) is 69.7 Å². The number of esters is 1. The Morgan fingerprint density at radius 3 is 1.95 bits per heavy atom. The third kappa shape index (κ3) is 11.1. The van der Waals surface area contributed by atoms with Crippen LogP contribution in [-0.2, 0) is 29.3 Å². The molecule has 3 atom stereocenters. The molecule has 0 fully saturated rings. The zero-order valence-electron chi connectivity index (χ0n) is 25.0. The maximum atomic E-state index is 13.1. The molecule has 43 heavy (non-hydrogen) atoms. The third-order valence-corrected chi connectivity index (χ3v) is 8.05. The van der Waals surface area contributed by atoms with Gasteiger partial charge in [0.15, 0.2) is 0 Å². The molecule has 3 amide bonds. The van der Waals surface area contributed by atoms with E-state index < -0.39 is 41.2 Å². The van der Waals surface area contributed by atoms with Crippen LogP contribution in [0.5, 0.6) is 0 Å². The molecular formula is C31H43Cl2N5O5. The number of nitrogens with two attached hydrogens (primary N) is 3. The van der Waals surface area contributed by atoms with E-state index in [1.807, 2.05) is 48.3 Å². The first-order valence-electron chi connectivity index (χ1n) is 14.3. The molecule has 236 valence electrons. The van der Waals surface area contributed by atoms with Gasteiger partial charge in [0.05, 0.1) is 6.04 Å². The van der Waals surface area contributed by atoms with E-state index in [1.54, 1.807) is 0 Å². The minimum atomic E-state index is -1.15. The standard InChI is InChI=1S/C31H43Cl2N5O5/c1-4-7-22(31(2,20-8-5-10-23(32)16-20)21-9-6-11-24(33)17-21)18-38(3)19-43-30(42)26(13-15-28(36)40)37-29(41)25(34)12-14-27(35)39/h5-6,8-11,16-17,22,25-26H,4,7,12-15,18-19,34H2,1-3H3,(H2,35,39)(H2,36,40)(H,37,41)/t22?,25-,26-/m0/s1. The van der Waals surface area contributed by atoms with Gasteiger partial charge in [0.1, 0.15) is 12.8 Å². The molecule has 0 bridgehead atoms. The van der Waals surface area contributed by atoms with Gasteiger partial charge in [-0.3, -0.25) is 19.3 Å². The van der Waals surface area contributed by atoms with Gasteiger partial charge in [-0.1, -0.05) is 67.7 Å². The molecule has 2 aromatic rings. The maximum absolute atomic E-state index is 13.1. The van der Waals surface area contributed by atoms with Gasteiger partial charge in [-0.05, 0) is 67.6 Å². The van der Waals surface area contributed by atoms with Crippen LogP contribution >= 0.6 is 23.2 Å². The van der Waals surface area contributed by atoms with Crippen LogP contribution < -0.4 is 22.5 Å². The van der Waals surface area contributed by atoms with Crippen LogP contribution in [-0.4, -0.2) is 61.0 Å². The van der Waals surface area contributed by atoms with E-state index >= 15 is 0 Å². The lowest BCUT2D eigenvalue weighted by molar-refractivity contribution is -0.152. The number of primary amides is 2. The fourth-order valence-electron chi connectivity index (χ4n) is 5.12. The van der Waals surface area contributed by atoms with Crippen LogP contribution in [0.3, 0.4) is 0 Å². The molecule has 1 unspecified atom stereocenters. The van der Waals surface area contributed by atoms with Crippen molar-refractivity contribution in [2.45, 2.75) is 69.9 Å². The summed E-state index contributed by atoms with van der Waals surface area (Å²) in [7, 11) is 1.84. The second-order valence-electron chi connectivity index (χ2n) is 11.0. The van der Waals surface area contributed by atoms with Gasteiger partial charge in [0.2, 0.25) is 17.7 Å². The summed E-state index contributed by atoms with van der Waals surface area (Å²) in [6, 6.07) is 13.3. The number of amides is 3. The molecule has 0 heterocycles. The van der Waals surface area contributed by atoms with Crippen LogP contribution in [0.15, 0.2) is 48.5 Å². The van der Waals surface area contributed by atoms with E-state index in [4.69, 9.17) is 45.1 Å². The fourth-order valence-corrected chi connectivity index (χ4v) is 5.50. The van der Waals surface area contributed by atoms with E-state index in [2.05, 4.69) is 31.3 Å². The van der Waals surface area contributed by atoms with Gasteiger partial charge >= 0.3 is 5.97 Å². The van der Waals surface area contributed by atoms with Crippen molar-refractivity contribution in [2.75, 3.05) is 20.3 Å². The minimum Gasteiger partial charge on any atom is -0.448 e. The Kier molecular flexibility index (Phi) is 14.4. The molecule has 7 N–H and O–H groups in total. The second kappa shape index (κ2) is 17.2. The Balaban J connectivity index is 2.22. The van der Waals surface area contributed by atoms with Gasteiger partial charge in [-0.2, -0.15) is 0 Å². The molecule has 2 aromatic carbocycles. The highest BCUT2D eigenvalue weighted by atomic mass is 35.5. The number of rotatable bonds is 18. The number of nitrogens with zero attached hydrogens (tertiary/aromatic N) is 1. The van der Waals surface area contributed by atoms with E-state index in [1.165, 1.54) is 0 Å². The first-order chi connectivity index (χ1) is 20.3. The lowest BCUT2D eigenvalue weighted by Gasteiger charge is -2.41. The molecular weight excluding hydrogens is 593 g/mol. The van der Waals surface area contributed by atoms with Gasteiger partial charge in [0.25, 0.3) is 0 Å². The van der Waals surface area contributed by atoms with Gasteiger partial charge in [-0.25, -0.2) is 4.79 Å². The number of nitrogens with one attached hydrogen (secondary N) is 1. The first-order valence-corrected chi connectivity index (χ1v) is 15.0. The van der Waals surface area contributed by atoms with Gasteiger partial charge in [0, 0.05) is 34.8 Å². The third-order valence-electron chi connectivity index (χ3n) is 7.58. The highest BCUT2D eigenvalue weighted by molar-refractivity contribution is 6.31. The SMILES string of the molecule is CCCC(CN(C)COC(=O)[C@H](CCC(N)=O)NC(=O)[C@@H](N)CCC(N)=O)C(C)(c1cccc(Cl)c1)c1cccc(Cl)c1. The van der Waals surface area contributed by atoms with E-state index in [0.29, 0.717) is 16.6 Å². The van der Waals surface area contributed by atoms with Crippen LogP contribution in [0.2, 0.25) is 10.0 Å². The molecule has 2 rings (SSSR count). The number of carbonyl (C=O) groups excluding carboxylic acids is 4. The number of hydrogen-bond donors (Lipinski definition) is 4. The molecule has 10 nitrogen and oxygen atoms in total. The quantitative estimate of drug-likeness (QED) is 0.143. The zero-order valence-corrected chi connectivity index (χ0v) is 26.5. The number of ether oxygens (including phenoxy) is 1. The first kappa shape index (κ1) is 36.0. The highest BCUT2D eigenvalue weighted by Crippen LogP contribution is 2.43. The Morgan fingerprint density at radius 1 is 0.930 bits per heavy atom. The average Bonchev–Trinajstić information content (AvgIpc) is 2.95. The van der Waals surface area contributed by atoms with Crippen LogP contribution in [0.25, 0.3) is 0 Å². The number of halogens is 2. The summed E-state index contributed by atoms with van der Waals surface area (Å²) in [5, 5.41) is 3.77. The molecule has 0 aromatic heterocycles. The summed E-state index contributed by atoms with van der Waals surface area (Å²) >= 11 is 12.8. The Labute approximate surface area is 263 Å². The molecule has 0 aliphatic rings. The van der Waals surface area contributed by atoms with Crippen LogP contribution in [0, 0.1) is 5.92 Å². The van der Waals surface area contributed by atoms with E-state index in [9.17, 15) is 19.2 Å². The van der Waals surface area contributed by atoms with Crippen molar-refractivity contribution in [3.63, 3.8) is 0 Å². The summed E-state index contributed by atoms with van der Waals surface area (Å²) in [5.74, 6) is -2.57. The Morgan fingerprint density at radius 2 is 1.47 bits per heavy atom. The summed E-state index contributed by atoms with van der Waals surface area (Å²) < 4.78 is 5.58. The van der Waals surface area contributed by atoms with Crippen molar-refractivity contribution in [2.24, 2.45) is 23.1 Å². The Hall–Kier alpha value is -3.18. The Bertz CT molecular complexity index is 1220. The van der Waals surface area contributed by atoms with E-state index in [0.717, 1.165) is 24.0 Å². The van der Waals surface area contributed by atoms with Gasteiger partial charge in [-0.15, -0.1) is 0 Å². The van der Waals surface area contributed by atoms with Crippen molar-refractivity contribution in [1.82, 2.24) is 10.2 Å².